The van der Waals surface area contributed by atoms with Gasteiger partial charge in [0.2, 0.25) is 0 Å². The van der Waals surface area contributed by atoms with Crippen LogP contribution < -0.4 is 11.1 Å². The predicted octanol–water partition coefficient (Wildman–Crippen LogP) is 3.25. The van der Waals surface area contributed by atoms with Gasteiger partial charge < -0.3 is 15.5 Å². The molecule has 1 aliphatic heterocycles. The molecule has 1 aliphatic carbocycles. The summed E-state index contributed by atoms with van der Waals surface area (Å²) < 4.78 is 30.3. The fraction of sp³-hybridized carbons (Fsp3) is 0.650. The molecule has 3 rings (SSSR count). The summed E-state index contributed by atoms with van der Waals surface area (Å²) in [6, 6.07) is 1.81. The second kappa shape index (κ2) is 8.93. The summed E-state index contributed by atoms with van der Waals surface area (Å²) in [6.07, 6.45) is 3.00. The lowest BCUT2D eigenvalue weighted by molar-refractivity contribution is -0.904. The molecule has 166 valence electrons. The minimum absolute atomic E-state index is 0.0631. The average molecular weight is 464 g/mol. The number of carbonyl (C=O) groups is 2. The molecule has 3 N–H and O–H groups in total. The second-order valence-electron chi connectivity index (χ2n) is 8.67. The number of hydrogen-bond donors (Lipinski definition) is 2. The molecule has 0 radical (unpaired) electrons. The standard InChI is InChI=1S/C20H26Cl2F2N4O2/c1-28(11-18(25)29)8-2-3-15(28)19(30)26-14-6-4-12(5-7-14)20(23,24)13-9-16(21)27-17(22)10-13/h9-10,12,14-15H,2-8,11H2,1H3,(H2-,25,26,29,30)/p+1/t12?,14?,15-,28?/m0/s1. The number of halogens is 4. The van der Waals surface area contributed by atoms with Crippen molar-refractivity contribution in [3.05, 3.63) is 28.0 Å². The van der Waals surface area contributed by atoms with Crippen molar-refractivity contribution >= 4 is 35.0 Å². The van der Waals surface area contributed by atoms with Crippen LogP contribution in [0, 0.1) is 5.92 Å². The molecule has 1 saturated heterocycles. The molecule has 1 saturated carbocycles. The number of pyridine rings is 1. The highest BCUT2D eigenvalue weighted by Gasteiger charge is 2.46. The maximum absolute atomic E-state index is 15.0. The second-order valence-corrected chi connectivity index (χ2v) is 9.44. The van der Waals surface area contributed by atoms with Gasteiger partial charge in [0.05, 0.1) is 13.6 Å². The molecule has 2 heterocycles. The van der Waals surface area contributed by atoms with Gasteiger partial charge >= 0.3 is 0 Å². The van der Waals surface area contributed by atoms with Crippen molar-refractivity contribution in [2.75, 3.05) is 20.1 Å². The van der Waals surface area contributed by atoms with Crippen LogP contribution in [-0.4, -0.2) is 53.5 Å². The van der Waals surface area contributed by atoms with Crippen molar-refractivity contribution in [1.82, 2.24) is 10.3 Å². The molecular formula is C20H27Cl2F2N4O2+. The third kappa shape index (κ3) is 5.03. The number of hydrogen-bond acceptors (Lipinski definition) is 3. The van der Waals surface area contributed by atoms with Gasteiger partial charge in [0.1, 0.15) is 10.3 Å². The Kier molecular flexibility index (Phi) is 6.89. The van der Waals surface area contributed by atoms with Crippen LogP contribution in [0.2, 0.25) is 10.3 Å². The molecule has 2 amide bonds. The largest absolute Gasteiger partial charge is 0.365 e. The molecule has 0 aromatic carbocycles. The fourth-order valence-corrected chi connectivity index (χ4v) is 5.32. The molecular weight excluding hydrogens is 437 g/mol. The number of primary amides is 1. The van der Waals surface area contributed by atoms with Crippen molar-refractivity contribution in [2.45, 2.75) is 56.5 Å². The molecule has 2 atom stereocenters. The van der Waals surface area contributed by atoms with Crippen LogP contribution in [-0.2, 0) is 15.5 Å². The zero-order valence-corrected chi connectivity index (χ0v) is 18.4. The minimum atomic E-state index is -3.08. The third-order valence-corrected chi connectivity index (χ3v) is 6.84. The number of likely N-dealkylation sites (N-methyl/N-ethyl adjacent to an activating group) is 1. The molecule has 2 fully saturated rings. The molecule has 2 aliphatic rings. The molecule has 10 heteroatoms. The first kappa shape index (κ1) is 23.2. The summed E-state index contributed by atoms with van der Waals surface area (Å²) in [4.78, 5) is 27.9. The number of nitrogens with zero attached hydrogens (tertiary/aromatic N) is 2. The fourth-order valence-electron chi connectivity index (χ4n) is 4.86. The molecule has 1 aromatic rings. The van der Waals surface area contributed by atoms with Crippen LogP contribution in [0.1, 0.15) is 44.1 Å². The molecule has 0 spiro atoms. The number of nitrogens with two attached hydrogens (primary N) is 1. The summed E-state index contributed by atoms with van der Waals surface area (Å²) in [6.45, 7) is 0.838. The van der Waals surface area contributed by atoms with Gasteiger partial charge in [-0.1, -0.05) is 23.2 Å². The van der Waals surface area contributed by atoms with E-state index in [1.54, 1.807) is 0 Å². The van der Waals surface area contributed by atoms with E-state index in [4.69, 9.17) is 28.9 Å². The number of nitrogens with one attached hydrogen (secondary N) is 1. The lowest BCUT2D eigenvalue weighted by atomic mass is 9.80. The Hall–Kier alpha value is -1.51. The molecule has 1 unspecified atom stereocenters. The summed E-state index contributed by atoms with van der Waals surface area (Å²) in [7, 11) is 1.87. The van der Waals surface area contributed by atoms with E-state index in [0.717, 1.165) is 25.1 Å². The maximum Gasteiger partial charge on any atom is 0.278 e. The SMILES string of the molecule is C[N+]1(CC(N)=O)CCC[C@H]1C(=O)NC1CCC(C(F)(F)c2cc(Cl)nc(Cl)c2)CC1. The zero-order valence-electron chi connectivity index (χ0n) is 16.8. The minimum Gasteiger partial charge on any atom is -0.365 e. The summed E-state index contributed by atoms with van der Waals surface area (Å²) in [5.74, 6) is -4.49. The van der Waals surface area contributed by atoms with Crippen molar-refractivity contribution in [3.63, 3.8) is 0 Å². The zero-order chi connectivity index (χ0) is 22.1. The van der Waals surface area contributed by atoms with E-state index in [-0.39, 0.29) is 53.2 Å². The average Bonchev–Trinajstić information content (AvgIpc) is 3.01. The van der Waals surface area contributed by atoms with Gasteiger partial charge in [-0.25, -0.2) is 13.8 Å². The van der Waals surface area contributed by atoms with Gasteiger partial charge in [-0.2, -0.15) is 0 Å². The highest BCUT2D eigenvalue weighted by atomic mass is 35.5. The van der Waals surface area contributed by atoms with E-state index in [1.165, 1.54) is 0 Å². The number of amides is 2. The van der Waals surface area contributed by atoms with Gasteiger partial charge in [-0.15, -0.1) is 0 Å². The Morgan fingerprint density at radius 2 is 1.80 bits per heavy atom. The lowest BCUT2D eigenvalue weighted by Crippen LogP contribution is -2.59. The number of quaternary nitrogens is 1. The van der Waals surface area contributed by atoms with E-state index in [0.29, 0.717) is 23.7 Å². The Morgan fingerprint density at radius 1 is 1.20 bits per heavy atom. The van der Waals surface area contributed by atoms with E-state index < -0.39 is 17.7 Å². The van der Waals surface area contributed by atoms with E-state index in [1.807, 2.05) is 7.05 Å². The molecule has 30 heavy (non-hydrogen) atoms. The first-order valence-electron chi connectivity index (χ1n) is 10.2. The van der Waals surface area contributed by atoms with Gasteiger partial charge in [0, 0.05) is 30.4 Å². The Balaban J connectivity index is 1.59. The third-order valence-electron chi connectivity index (χ3n) is 6.45. The van der Waals surface area contributed by atoms with Crippen molar-refractivity contribution in [1.29, 1.82) is 0 Å². The Morgan fingerprint density at radius 3 is 2.37 bits per heavy atom. The number of likely N-dealkylation sites (tertiary alicyclic amines) is 1. The highest BCUT2D eigenvalue weighted by molar-refractivity contribution is 6.32. The molecule has 1 aromatic heterocycles. The van der Waals surface area contributed by atoms with Crippen LogP contribution in [0.15, 0.2) is 12.1 Å². The van der Waals surface area contributed by atoms with Gasteiger partial charge in [-0.05, 0) is 37.8 Å². The monoisotopic (exact) mass is 463 g/mol. The summed E-state index contributed by atoms with van der Waals surface area (Å²) in [5.41, 5.74) is 5.12. The topological polar surface area (TPSA) is 85.1 Å². The van der Waals surface area contributed by atoms with Crippen LogP contribution in [0.4, 0.5) is 8.78 Å². The number of alkyl halides is 2. The van der Waals surface area contributed by atoms with Crippen molar-refractivity contribution in [2.24, 2.45) is 11.7 Å². The van der Waals surface area contributed by atoms with E-state index >= 15 is 0 Å². The lowest BCUT2D eigenvalue weighted by Gasteiger charge is -2.37. The van der Waals surface area contributed by atoms with E-state index in [9.17, 15) is 18.4 Å². The quantitative estimate of drug-likeness (QED) is 0.501. The number of aromatic nitrogens is 1. The first-order chi connectivity index (χ1) is 14.0. The first-order valence-corrected chi connectivity index (χ1v) is 10.9. The highest BCUT2D eigenvalue weighted by Crippen LogP contribution is 2.44. The van der Waals surface area contributed by atoms with Crippen LogP contribution in [0.3, 0.4) is 0 Å². The number of carbonyl (C=O) groups excluding carboxylic acids is 2. The van der Waals surface area contributed by atoms with Gasteiger partial charge in [0.15, 0.2) is 12.6 Å². The summed E-state index contributed by atoms with van der Waals surface area (Å²) >= 11 is 11.6. The predicted molar refractivity (Wildman–Crippen MR) is 110 cm³/mol. The van der Waals surface area contributed by atoms with Crippen molar-refractivity contribution in [3.8, 4) is 0 Å². The van der Waals surface area contributed by atoms with Gasteiger partial charge in [-0.3, -0.25) is 9.59 Å². The summed E-state index contributed by atoms with van der Waals surface area (Å²) in [5, 5.41) is 2.89. The molecule has 6 nitrogen and oxygen atoms in total. The van der Waals surface area contributed by atoms with Crippen LogP contribution in [0.5, 0.6) is 0 Å². The van der Waals surface area contributed by atoms with Crippen LogP contribution >= 0.6 is 23.2 Å². The smallest absolute Gasteiger partial charge is 0.278 e. The van der Waals surface area contributed by atoms with E-state index in [2.05, 4.69) is 10.3 Å². The van der Waals surface area contributed by atoms with Crippen LogP contribution in [0.25, 0.3) is 0 Å². The number of rotatable bonds is 6. The Labute approximate surface area is 184 Å². The Bertz CT molecular complexity index is 798. The maximum atomic E-state index is 15.0. The van der Waals surface area contributed by atoms with Gasteiger partial charge in [0.25, 0.3) is 17.7 Å². The normalized spacial score (nSPS) is 29.6. The van der Waals surface area contributed by atoms with Crippen molar-refractivity contribution < 1.29 is 22.9 Å². The molecule has 0 bridgehead atoms.